The van der Waals surface area contributed by atoms with E-state index >= 15 is 0 Å². The van der Waals surface area contributed by atoms with Gasteiger partial charge in [-0.15, -0.1) is 0 Å². The molecule has 0 N–H and O–H groups in total. The predicted octanol–water partition coefficient (Wildman–Crippen LogP) is 3.45. The maximum absolute atomic E-state index is 3.97. The lowest BCUT2D eigenvalue weighted by Gasteiger charge is -2.32. The highest BCUT2D eigenvalue weighted by Gasteiger charge is 2.28. The molecule has 1 aliphatic carbocycles. The van der Waals surface area contributed by atoms with Crippen molar-refractivity contribution in [2.24, 2.45) is 4.99 Å². The van der Waals surface area contributed by atoms with Crippen molar-refractivity contribution in [1.29, 1.82) is 0 Å². The van der Waals surface area contributed by atoms with Crippen molar-refractivity contribution in [3.63, 3.8) is 0 Å². The SMILES string of the molecule is C=NCCC1(C)CC=Cc2ccccc21. The van der Waals surface area contributed by atoms with Crippen LogP contribution in [-0.4, -0.2) is 13.3 Å². The monoisotopic (exact) mass is 199 g/mol. The zero-order valence-electron chi connectivity index (χ0n) is 9.24. The van der Waals surface area contributed by atoms with E-state index in [0.29, 0.717) is 0 Å². The summed E-state index contributed by atoms with van der Waals surface area (Å²) in [6.45, 7) is 6.73. The van der Waals surface area contributed by atoms with Gasteiger partial charge in [0.25, 0.3) is 0 Å². The van der Waals surface area contributed by atoms with E-state index in [-0.39, 0.29) is 5.41 Å². The first-order valence-corrected chi connectivity index (χ1v) is 5.45. The van der Waals surface area contributed by atoms with E-state index in [0.717, 1.165) is 19.4 Å². The molecule has 0 saturated carbocycles. The van der Waals surface area contributed by atoms with Gasteiger partial charge in [0.2, 0.25) is 0 Å². The topological polar surface area (TPSA) is 12.4 Å². The fourth-order valence-corrected chi connectivity index (χ4v) is 2.31. The molecule has 0 radical (unpaired) electrons. The summed E-state index contributed by atoms with van der Waals surface area (Å²) in [5.74, 6) is 0. The molecule has 1 aliphatic rings. The van der Waals surface area contributed by atoms with E-state index in [2.05, 4.69) is 55.1 Å². The number of rotatable bonds is 3. The Balaban J connectivity index is 2.36. The number of benzene rings is 1. The summed E-state index contributed by atoms with van der Waals surface area (Å²) >= 11 is 0. The first-order valence-electron chi connectivity index (χ1n) is 5.45. The first-order chi connectivity index (χ1) is 7.26. The van der Waals surface area contributed by atoms with Crippen LogP contribution in [0.2, 0.25) is 0 Å². The van der Waals surface area contributed by atoms with Gasteiger partial charge in [-0.1, -0.05) is 43.3 Å². The van der Waals surface area contributed by atoms with Crippen LogP contribution < -0.4 is 0 Å². The highest BCUT2D eigenvalue weighted by atomic mass is 14.7. The van der Waals surface area contributed by atoms with E-state index in [1.807, 2.05) is 0 Å². The summed E-state index contributed by atoms with van der Waals surface area (Å²) < 4.78 is 0. The molecule has 1 atom stereocenters. The Kier molecular flexibility index (Phi) is 2.72. The molecule has 78 valence electrons. The average molecular weight is 199 g/mol. The molecule has 0 spiro atoms. The molecule has 0 bridgehead atoms. The van der Waals surface area contributed by atoms with Crippen molar-refractivity contribution in [3.05, 3.63) is 41.5 Å². The van der Waals surface area contributed by atoms with Gasteiger partial charge in [-0.25, -0.2) is 0 Å². The van der Waals surface area contributed by atoms with E-state index in [4.69, 9.17) is 0 Å². The zero-order valence-corrected chi connectivity index (χ0v) is 9.24. The van der Waals surface area contributed by atoms with Crippen molar-refractivity contribution in [3.8, 4) is 0 Å². The maximum Gasteiger partial charge on any atom is 0.0390 e. The normalized spacial score (nSPS) is 23.5. The molecule has 0 amide bonds. The second-order valence-corrected chi connectivity index (χ2v) is 4.45. The zero-order chi connectivity index (χ0) is 10.7. The third kappa shape index (κ3) is 1.87. The second-order valence-electron chi connectivity index (χ2n) is 4.45. The van der Waals surface area contributed by atoms with Crippen molar-refractivity contribution in [2.75, 3.05) is 6.54 Å². The summed E-state index contributed by atoms with van der Waals surface area (Å²) in [5.41, 5.74) is 3.05. The average Bonchev–Trinajstić information content (AvgIpc) is 2.27. The van der Waals surface area contributed by atoms with E-state index in [1.54, 1.807) is 0 Å². The minimum Gasteiger partial charge on any atom is -0.301 e. The Hall–Kier alpha value is -1.37. The Labute approximate surface area is 91.6 Å². The van der Waals surface area contributed by atoms with Crippen molar-refractivity contribution >= 4 is 12.8 Å². The molecule has 0 fully saturated rings. The van der Waals surface area contributed by atoms with Gasteiger partial charge in [0.1, 0.15) is 0 Å². The summed E-state index contributed by atoms with van der Waals surface area (Å²) in [6, 6.07) is 8.64. The molecule has 0 aliphatic heterocycles. The van der Waals surface area contributed by atoms with Crippen molar-refractivity contribution in [1.82, 2.24) is 0 Å². The summed E-state index contributed by atoms with van der Waals surface area (Å²) in [6.07, 6.45) is 6.68. The molecule has 0 saturated heterocycles. The number of hydrogen-bond donors (Lipinski definition) is 0. The van der Waals surface area contributed by atoms with E-state index < -0.39 is 0 Å². The van der Waals surface area contributed by atoms with Gasteiger partial charge in [0.15, 0.2) is 0 Å². The van der Waals surface area contributed by atoms with Crippen LogP contribution in [0.3, 0.4) is 0 Å². The lowest BCUT2D eigenvalue weighted by Crippen LogP contribution is -2.25. The van der Waals surface area contributed by atoms with Crippen LogP contribution in [0.4, 0.5) is 0 Å². The predicted molar refractivity (Wildman–Crippen MR) is 66.5 cm³/mol. The summed E-state index contributed by atoms with van der Waals surface area (Å²) in [5, 5.41) is 0. The third-order valence-corrected chi connectivity index (χ3v) is 3.30. The Bertz CT molecular complexity index is 392. The molecule has 1 aromatic rings. The molecule has 1 nitrogen and oxygen atoms in total. The van der Waals surface area contributed by atoms with Crippen LogP contribution in [0.25, 0.3) is 6.08 Å². The summed E-state index contributed by atoms with van der Waals surface area (Å²) in [4.78, 5) is 3.97. The molecule has 1 heteroatoms. The highest BCUT2D eigenvalue weighted by molar-refractivity contribution is 5.59. The summed E-state index contributed by atoms with van der Waals surface area (Å²) in [7, 11) is 0. The Morgan fingerprint density at radius 3 is 3.00 bits per heavy atom. The lowest BCUT2D eigenvalue weighted by molar-refractivity contribution is 0.443. The van der Waals surface area contributed by atoms with Gasteiger partial charge in [-0.3, -0.25) is 0 Å². The minimum absolute atomic E-state index is 0.243. The molecule has 1 unspecified atom stereocenters. The van der Waals surface area contributed by atoms with Gasteiger partial charge in [-0.05, 0) is 36.1 Å². The molecular weight excluding hydrogens is 182 g/mol. The van der Waals surface area contributed by atoms with Crippen LogP contribution in [0, 0.1) is 0 Å². The number of hydrogen-bond acceptors (Lipinski definition) is 1. The molecular formula is C14H17N. The van der Waals surface area contributed by atoms with Crippen LogP contribution >= 0.6 is 0 Å². The fraction of sp³-hybridized carbons (Fsp3) is 0.357. The van der Waals surface area contributed by atoms with Gasteiger partial charge in [-0.2, -0.15) is 0 Å². The number of allylic oxidation sites excluding steroid dienone is 1. The maximum atomic E-state index is 3.97. The molecule has 0 heterocycles. The van der Waals surface area contributed by atoms with Crippen LogP contribution in [0.15, 0.2) is 35.3 Å². The lowest BCUT2D eigenvalue weighted by atomic mass is 9.72. The number of nitrogens with zero attached hydrogens (tertiary/aromatic N) is 1. The molecule has 0 aromatic heterocycles. The van der Waals surface area contributed by atoms with Gasteiger partial charge < -0.3 is 4.99 Å². The molecule has 15 heavy (non-hydrogen) atoms. The Morgan fingerprint density at radius 2 is 2.20 bits per heavy atom. The van der Waals surface area contributed by atoms with Crippen molar-refractivity contribution < 1.29 is 0 Å². The Morgan fingerprint density at radius 1 is 1.40 bits per heavy atom. The first kappa shape index (κ1) is 10.2. The van der Waals surface area contributed by atoms with E-state index in [1.165, 1.54) is 11.1 Å². The van der Waals surface area contributed by atoms with Gasteiger partial charge >= 0.3 is 0 Å². The smallest absolute Gasteiger partial charge is 0.0390 e. The van der Waals surface area contributed by atoms with E-state index in [9.17, 15) is 0 Å². The van der Waals surface area contributed by atoms with Crippen LogP contribution in [-0.2, 0) is 5.41 Å². The van der Waals surface area contributed by atoms with Crippen molar-refractivity contribution in [2.45, 2.75) is 25.2 Å². The highest BCUT2D eigenvalue weighted by Crippen LogP contribution is 2.37. The van der Waals surface area contributed by atoms with Crippen LogP contribution in [0.5, 0.6) is 0 Å². The molecule has 2 rings (SSSR count). The number of aliphatic imine (C=N–C) groups is 1. The largest absolute Gasteiger partial charge is 0.301 e. The van der Waals surface area contributed by atoms with Gasteiger partial charge in [0.05, 0.1) is 0 Å². The number of fused-ring (bicyclic) bond motifs is 1. The standard InChI is InChI=1S/C14H17N/c1-14(10-11-15-2)9-5-7-12-6-3-4-8-13(12)14/h3-8H,2,9-11H2,1H3. The minimum atomic E-state index is 0.243. The molecule has 1 aromatic carbocycles. The fourth-order valence-electron chi connectivity index (χ4n) is 2.31. The quantitative estimate of drug-likeness (QED) is 0.661. The third-order valence-electron chi connectivity index (χ3n) is 3.30. The second kappa shape index (κ2) is 4.01. The van der Waals surface area contributed by atoms with Crippen LogP contribution in [0.1, 0.15) is 30.9 Å². The van der Waals surface area contributed by atoms with Gasteiger partial charge in [0, 0.05) is 6.54 Å².